The minimum atomic E-state index is 0.110. The number of likely N-dealkylation sites (tertiary alicyclic amines) is 1. The second kappa shape index (κ2) is 7.20. The van der Waals surface area contributed by atoms with Crippen LogP contribution in [-0.2, 0) is 4.79 Å². The summed E-state index contributed by atoms with van der Waals surface area (Å²) in [4.78, 5) is 17.2. The van der Waals surface area contributed by atoms with Crippen LogP contribution in [0.2, 0.25) is 0 Å². The van der Waals surface area contributed by atoms with Crippen LogP contribution in [0.15, 0.2) is 12.1 Å². The zero-order valence-electron chi connectivity index (χ0n) is 12.4. The number of rotatable bonds is 5. The third-order valence-electron chi connectivity index (χ3n) is 3.99. The highest BCUT2D eigenvalue weighted by atomic mass is 32.1. The molecule has 2 heterocycles. The van der Waals surface area contributed by atoms with Gasteiger partial charge < -0.3 is 11.1 Å². The Morgan fingerprint density at radius 2 is 2.40 bits per heavy atom. The molecule has 0 saturated carbocycles. The van der Waals surface area contributed by atoms with Crippen molar-refractivity contribution in [1.29, 1.82) is 0 Å². The largest absolute Gasteiger partial charge is 0.355 e. The number of thiophene rings is 1. The topological polar surface area (TPSA) is 58.4 Å². The van der Waals surface area contributed by atoms with Crippen molar-refractivity contribution in [3.8, 4) is 0 Å². The first kappa shape index (κ1) is 15.5. The van der Waals surface area contributed by atoms with E-state index in [9.17, 15) is 4.79 Å². The molecule has 1 aliphatic heterocycles. The molecule has 0 aromatic carbocycles. The van der Waals surface area contributed by atoms with Gasteiger partial charge in [-0.15, -0.1) is 11.3 Å². The number of nitrogens with zero attached hydrogens (tertiary/aromatic N) is 1. The molecule has 2 rings (SSSR count). The number of amides is 1. The molecule has 1 aromatic rings. The number of piperidine rings is 1. The molecule has 112 valence electrons. The maximum absolute atomic E-state index is 12.1. The van der Waals surface area contributed by atoms with Gasteiger partial charge in [-0.05, 0) is 45.4 Å². The Balaban J connectivity index is 1.94. The third kappa shape index (κ3) is 3.81. The minimum absolute atomic E-state index is 0.110. The van der Waals surface area contributed by atoms with Crippen LogP contribution in [0.4, 0.5) is 0 Å². The molecule has 1 amide bonds. The maximum Gasteiger partial charge on any atom is 0.224 e. The molecule has 2 unspecified atom stereocenters. The summed E-state index contributed by atoms with van der Waals surface area (Å²) in [5.41, 5.74) is 5.44. The Hall–Kier alpha value is -0.910. The van der Waals surface area contributed by atoms with Crippen LogP contribution in [0, 0.1) is 12.8 Å². The molecule has 5 heteroatoms. The summed E-state index contributed by atoms with van der Waals surface area (Å²) < 4.78 is 0. The summed E-state index contributed by atoms with van der Waals surface area (Å²) in [5, 5.41) is 2.92. The van der Waals surface area contributed by atoms with Gasteiger partial charge >= 0.3 is 0 Å². The van der Waals surface area contributed by atoms with E-state index in [-0.39, 0.29) is 11.8 Å². The van der Waals surface area contributed by atoms with Crippen molar-refractivity contribution >= 4 is 17.2 Å². The fourth-order valence-corrected chi connectivity index (χ4v) is 3.73. The number of nitrogens with two attached hydrogens (primary N) is 1. The average molecular weight is 295 g/mol. The smallest absolute Gasteiger partial charge is 0.224 e. The molecule has 0 radical (unpaired) electrons. The van der Waals surface area contributed by atoms with Crippen molar-refractivity contribution in [2.24, 2.45) is 11.7 Å². The summed E-state index contributed by atoms with van der Waals surface area (Å²) in [5.74, 6) is 0.272. The van der Waals surface area contributed by atoms with Gasteiger partial charge in [0.1, 0.15) is 0 Å². The lowest BCUT2D eigenvalue weighted by atomic mass is 9.95. The van der Waals surface area contributed by atoms with Crippen LogP contribution in [0.25, 0.3) is 0 Å². The van der Waals surface area contributed by atoms with Gasteiger partial charge in [0.15, 0.2) is 0 Å². The fourth-order valence-electron chi connectivity index (χ4n) is 2.77. The van der Waals surface area contributed by atoms with Gasteiger partial charge in [0.05, 0.1) is 5.92 Å². The van der Waals surface area contributed by atoms with E-state index in [4.69, 9.17) is 5.73 Å². The molecule has 20 heavy (non-hydrogen) atoms. The van der Waals surface area contributed by atoms with Crippen molar-refractivity contribution in [3.63, 3.8) is 0 Å². The molecule has 1 aliphatic rings. The second-order valence-electron chi connectivity index (χ2n) is 5.54. The lowest BCUT2D eigenvalue weighted by molar-refractivity contribution is -0.126. The Morgan fingerprint density at radius 1 is 1.60 bits per heavy atom. The summed E-state index contributed by atoms with van der Waals surface area (Å²) in [6.07, 6.45) is 2.08. The summed E-state index contributed by atoms with van der Waals surface area (Å²) in [6.45, 7) is 7.40. The number of hydrogen-bond donors (Lipinski definition) is 2. The number of nitrogens with one attached hydrogen (secondary N) is 1. The molecule has 3 N–H and O–H groups in total. The zero-order valence-corrected chi connectivity index (χ0v) is 13.2. The Bertz CT molecular complexity index is 446. The lowest BCUT2D eigenvalue weighted by Gasteiger charge is -2.35. The van der Waals surface area contributed by atoms with E-state index >= 15 is 0 Å². The van der Waals surface area contributed by atoms with Crippen molar-refractivity contribution in [2.75, 3.05) is 26.2 Å². The highest BCUT2D eigenvalue weighted by molar-refractivity contribution is 7.12. The first-order valence-electron chi connectivity index (χ1n) is 7.40. The lowest BCUT2D eigenvalue weighted by Crippen LogP contribution is -2.44. The molecular weight excluding hydrogens is 270 g/mol. The van der Waals surface area contributed by atoms with E-state index < -0.39 is 0 Å². The van der Waals surface area contributed by atoms with Crippen LogP contribution >= 0.6 is 11.3 Å². The first-order chi connectivity index (χ1) is 9.61. The fraction of sp³-hybridized carbons (Fsp3) is 0.667. The molecule has 0 aliphatic carbocycles. The van der Waals surface area contributed by atoms with Crippen LogP contribution in [-0.4, -0.2) is 37.0 Å². The standard InChI is InChI=1S/C15H25N3OS/c1-11-5-6-14(20-11)12(2)18-9-3-4-13(10-18)15(19)17-8-7-16/h5-6,12-13H,3-4,7-10,16H2,1-2H3,(H,17,19). The number of carbonyl (C=O) groups is 1. The van der Waals surface area contributed by atoms with Gasteiger partial charge in [-0.1, -0.05) is 0 Å². The first-order valence-corrected chi connectivity index (χ1v) is 8.21. The molecule has 4 nitrogen and oxygen atoms in total. The summed E-state index contributed by atoms with van der Waals surface area (Å²) in [6, 6.07) is 4.79. The third-order valence-corrected chi connectivity index (χ3v) is 5.16. The molecule has 1 aromatic heterocycles. The minimum Gasteiger partial charge on any atom is -0.355 e. The molecule has 1 fully saturated rings. The predicted octanol–water partition coefficient (Wildman–Crippen LogP) is 1.90. The van der Waals surface area contributed by atoms with Gasteiger partial charge in [-0.25, -0.2) is 0 Å². The van der Waals surface area contributed by atoms with Gasteiger partial charge in [-0.3, -0.25) is 9.69 Å². The molecule has 2 atom stereocenters. The number of aryl methyl sites for hydroxylation is 1. The van der Waals surface area contributed by atoms with Crippen LogP contribution in [0.5, 0.6) is 0 Å². The average Bonchev–Trinajstić information content (AvgIpc) is 2.90. The second-order valence-corrected chi connectivity index (χ2v) is 6.86. The highest BCUT2D eigenvalue weighted by Gasteiger charge is 2.28. The molecular formula is C15H25N3OS. The van der Waals surface area contributed by atoms with Gasteiger partial charge in [0.25, 0.3) is 0 Å². The SMILES string of the molecule is Cc1ccc(C(C)N2CCCC(C(=O)NCCN)C2)s1. The van der Waals surface area contributed by atoms with E-state index in [1.54, 1.807) is 0 Å². The zero-order chi connectivity index (χ0) is 14.5. The van der Waals surface area contributed by atoms with Crippen molar-refractivity contribution in [2.45, 2.75) is 32.7 Å². The van der Waals surface area contributed by atoms with E-state index in [1.165, 1.54) is 9.75 Å². The highest BCUT2D eigenvalue weighted by Crippen LogP contribution is 2.30. The van der Waals surface area contributed by atoms with Crippen LogP contribution < -0.4 is 11.1 Å². The summed E-state index contributed by atoms with van der Waals surface area (Å²) >= 11 is 1.85. The number of carbonyl (C=O) groups excluding carboxylic acids is 1. The molecule has 0 spiro atoms. The van der Waals surface area contributed by atoms with E-state index in [0.29, 0.717) is 19.1 Å². The molecule has 1 saturated heterocycles. The molecule has 0 bridgehead atoms. The van der Waals surface area contributed by atoms with Crippen molar-refractivity contribution < 1.29 is 4.79 Å². The number of hydrogen-bond acceptors (Lipinski definition) is 4. The predicted molar refractivity (Wildman–Crippen MR) is 83.8 cm³/mol. The van der Waals surface area contributed by atoms with E-state index in [0.717, 1.165) is 25.9 Å². The Kier molecular flexibility index (Phi) is 5.57. The van der Waals surface area contributed by atoms with Crippen LogP contribution in [0.1, 0.15) is 35.6 Å². The van der Waals surface area contributed by atoms with E-state index in [1.807, 2.05) is 11.3 Å². The monoisotopic (exact) mass is 295 g/mol. The van der Waals surface area contributed by atoms with Crippen molar-refractivity contribution in [3.05, 3.63) is 21.9 Å². The Morgan fingerprint density at radius 3 is 3.05 bits per heavy atom. The van der Waals surface area contributed by atoms with Crippen LogP contribution in [0.3, 0.4) is 0 Å². The van der Waals surface area contributed by atoms with Gasteiger partial charge in [-0.2, -0.15) is 0 Å². The van der Waals surface area contributed by atoms with E-state index in [2.05, 4.69) is 36.2 Å². The quantitative estimate of drug-likeness (QED) is 0.872. The normalized spacial score (nSPS) is 21.6. The maximum atomic E-state index is 12.1. The Labute approximate surface area is 125 Å². The summed E-state index contributed by atoms with van der Waals surface area (Å²) in [7, 11) is 0. The van der Waals surface area contributed by atoms with Gasteiger partial charge in [0, 0.05) is 35.4 Å². The van der Waals surface area contributed by atoms with Crippen molar-refractivity contribution in [1.82, 2.24) is 10.2 Å². The van der Waals surface area contributed by atoms with Gasteiger partial charge in [0.2, 0.25) is 5.91 Å².